The summed E-state index contributed by atoms with van der Waals surface area (Å²) in [6, 6.07) is 5.72. The molecule has 0 unspecified atom stereocenters. The van der Waals surface area contributed by atoms with Gasteiger partial charge in [-0.05, 0) is 31.5 Å². The Morgan fingerprint density at radius 1 is 1.35 bits per heavy atom. The highest BCUT2D eigenvalue weighted by Gasteiger charge is 2.15. The second-order valence-corrected chi connectivity index (χ2v) is 5.73. The fourth-order valence-corrected chi connectivity index (χ4v) is 2.64. The molecule has 1 rings (SSSR count). The predicted molar refractivity (Wildman–Crippen MR) is 74.1 cm³/mol. The quantitative estimate of drug-likeness (QED) is 0.576. The van der Waals surface area contributed by atoms with E-state index in [0.29, 0.717) is 19.6 Å². The van der Waals surface area contributed by atoms with E-state index in [4.69, 9.17) is 4.74 Å². The molecule has 0 radical (unpaired) electrons. The summed E-state index contributed by atoms with van der Waals surface area (Å²) in [5.74, 6) is -0.571. The first-order valence-corrected chi connectivity index (χ1v) is 7.75. The van der Waals surface area contributed by atoms with Gasteiger partial charge in [0.15, 0.2) is 0 Å². The van der Waals surface area contributed by atoms with Crippen molar-refractivity contribution in [2.45, 2.75) is 18.2 Å². The van der Waals surface area contributed by atoms with Crippen molar-refractivity contribution in [1.29, 1.82) is 0 Å². The number of carbonyl (C=O) groups excluding carboxylic acids is 1. The predicted octanol–water partition coefficient (Wildman–Crippen LogP) is 1.18. The molecule has 7 heteroatoms. The number of sulfonamides is 1. The van der Waals surface area contributed by atoms with E-state index in [1.165, 1.54) is 31.4 Å². The van der Waals surface area contributed by atoms with Crippen molar-refractivity contribution in [3.63, 3.8) is 0 Å². The Labute approximate surface area is 119 Å². The number of benzene rings is 1. The summed E-state index contributed by atoms with van der Waals surface area (Å²) in [5.41, 5.74) is 0.199. The van der Waals surface area contributed by atoms with Crippen molar-refractivity contribution in [1.82, 2.24) is 4.72 Å². The number of carbonyl (C=O) groups is 1. The highest BCUT2D eigenvalue weighted by atomic mass is 32.2. The van der Waals surface area contributed by atoms with Crippen LogP contribution < -0.4 is 4.72 Å². The third-order valence-electron chi connectivity index (χ3n) is 2.53. The van der Waals surface area contributed by atoms with Gasteiger partial charge in [-0.1, -0.05) is 6.07 Å². The molecule has 0 aliphatic carbocycles. The van der Waals surface area contributed by atoms with E-state index in [1.54, 1.807) is 0 Å². The molecule has 1 N–H and O–H groups in total. The summed E-state index contributed by atoms with van der Waals surface area (Å²) >= 11 is 0. The van der Waals surface area contributed by atoms with Crippen LogP contribution in [0, 0.1) is 0 Å². The van der Waals surface area contributed by atoms with Crippen LogP contribution in [0.3, 0.4) is 0 Å². The van der Waals surface area contributed by atoms with Gasteiger partial charge in [-0.2, -0.15) is 0 Å². The molecule has 0 amide bonds. The van der Waals surface area contributed by atoms with Crippen LogP contribution in [-0.2, 0) is 19.5 Å². The maximum absolute atomic E-state index is 12.0. The van der Waals surface area contributed by atoms with Crippen molar-refractivity contribution in [2.24, 2.45) is 0 Å². The fourth-order valence-electron chi connectivity index (χ4n) is 1.52. The zero-order chi connectivity index (χ0) is 15.0. The number of hydrogen-bond acceptors (Lipinski definition) is 5. The Balaban J connectivity index is 2.70. The van der Waals surface area contributed by atoms with Crippen LogP contribution >= 0.6 is 0 Å². The Morgan fingerprint density at radius 2 is 2.10 bits per heavy atom. The van der Waals surface area contributed by atoms with E-state index in [2.05, 4.69) is 9.46 Å². The van der Waals surface area contributed by atoms with Crippen LogP contribution in [0.4, 0.5) is 0 Å². The smallest absolute Gasteiger partial charge is 0.337 e. The molecule has 0 aromatic heterocycles. The van der Waals surface area contributed by atoms with Gasteiger partial charge in [0.05, 0.1) is 17.6 Å². The molecular weight excluding hydrogens is 282 g/mol. The van der Waals surface area contributed by atoms with E-state index >= 15 is 0 Å². The van der Waals surface area contributed by atoms with Gasteiger partial charge in [0.25, 0.3) is 0 Å². The van der Waals surface area contributed by atoms with Gasteiger partial charge in [0, 0.05) is 19.8 Å². The van der Waals surface area contributed by atoms with Gasteiger partial charge in [0.2, 0.25) is 10.0 Å². The zero-order valence-corrected chi connectivity index (χ0v) is 12.4. The highest BCUT2D eigenvalue weighted by Crippen LogP contribution is 2.12. The van der Waals surface area contributed by atoms with Crippen LogP contribution in [-0.4, -0.2) is 41.3 Å². The second kappa shape index (κ2) is 7.98. The topological polar surface area (TPSA) is 81.7 Å². The maximum Gasteiger partial charge on any atom is 0.337 e. The fraction of sp³-hybridized carbons (Fsp3) is 0.462. The molecule has 0 saturated heterocycles. The lowest BCUT2D eigenvalue weighted by Crippen LogP contribution is -2.25. The monoisotopic (exact) mass is 301 g/mol. The van der Waals surface area contributed by atoms with Crippen LogP contribution in [0.1, 0.15) is 23.7 Å². The number of methoxy groups -OCH3 is 1. The Hall–Kier alpha value is -1.44. The minimum atomic E-state index is -3.63. The summed E-state index contributed by atoms with van der Waals surface area (Å²) in [6.45, 7) is 3.27. The van der Waals surface area contributed by atoms with Crippen molar-refractivity contribution < 1.29 is 22.7 Å². The van der Waals surface area contributed by atoms with E-state index in [0.717, 1.165) is 0 Å². The Morgan fingerprint density at radius 3 is 2.75 bits per heavy atom. The van der Waals surface area contributed by atoms with Gasteiger partial charge in [-0.15, -0.1) is 0 Å². The molecular formula is C13H19NO5S. The first kappa shape index (κ1) is 16.6. The third kappa shape index (κ3) is 4.92. The SMILES string of the molecule is CCOCCCNS(=O)(=O)c1cccc(C(=O)OC)c1. The summed E-state index contributed by atoms with van der Waals surface area (Å²) in [6.07, 6.45) is 0.587. The van der Waals surface area contributed by atoms with Gasteiger partial charge >= 0.3 is 5.97 Å². The average Bonchev–Trinajstić information content (AvgIpc) is 2.46. The number of rotatable bonds is 8. The molecule has 0 spiro atoms. The van der Waals surface area contributed by atoms with Crippen molar-refractivity contribution >= 4 is 16.0 Å². The van der Waals surface area contributed by atoms with Crippen LogP contribution in [0.25, 0.3) is 0 Å². The van der Waals surface area contributed by atoms with Gasteiger partial charge in [-0.3, -0.25) is 0 Å². The van der Waals surface area contributed by atoms with E-state index < -0.39 is 16.0 Å². The molecule has 112 valence electrons. The number of esters is 1. The zero-order valence-electron chi connectivity index (χ0n) is 11.6. The summed E-state index contributed by atoms with van der Waals surface area (Å²) in [4.78, 5) is 11.4. The summed E-state index contributed by atoms with van der Waals surface area (Å²) in [7, 11) is -2.38. The standard InChI is InChI=1S/C13H19NO5S/c1-3-19-9-5-8-14-20(16,17)12-7-4-6-11(10-12)13(15)18-2/h4,6-7,10,14H,3,5,8-9H2,1-2H3. The molecule has 0 heterocycles. The first-order valence-electron chi connectivity index (χ1n) is 6.27. The third-order valence-corrected chi connectivity index (χ3v) is 3.99. The first-order chi connectivity index (χ1) is 9.51. The molecule has 0 aliphatic rings. The maximum atomic E-state index is 12.0. The van der Waals surface area contributed by atoms with Crippen LogP contribution in [0.15, 0.2) is 29.2 Å². The largest absolute Gasteiger partial charge is 0.465 e. The molecule has 0 aliphatic heterocycles. The molecule has 1 aromatic carbocycles. The molecule has 0 fully saturated rings. The Bertz CT molecular complexity index is 541. The van der Waals surface area contributed by atoms with Gasteiger partial charge in [-0.25, -0.2) is 17.9 Å². The molecule has 1 aromatic rings. The number of hydrogen-bond donors (Lipinski definition) is 1. The van der Waals surface area contributed by atoms with E-state index in [-0.39, 0.29) is 17.0 Å². The molecule has 0 atom stereocenters. The average molecular weight is 301 g/mol. The molecule has 6 nitrogen and oxygen atoms in total. The minimum Gasteiger partial charge on any atom is -0.465 e. The summed E-state index contributed by atoms with van der Waals surface area (Å²) < 4.78 is 36.2. The normalized spacial score (nSPS) is 11.3. The molecule has 0 bridgehead atoms. The Kier molecular flexibility index (Phi) is 6.63. The van der Waals surface area contributed by atoms with Crippen molar-refractivity contribution in [3.05, 3.63) is 29.8 Å². The van der Waals surface area contributed by atoms with Gasteiger partial charge in [0.1, 0.15) is 0 Å². The van der Waals surface area contributed by atoms with Crippen molar-refractivity contribution in [2.75, 3.05) is 26.9 Å². The van der Waals surface area contributed by atoms with Crippen LogP contribution in [0.2, 0.25) is 0 Å². The van der Waals surface area contributed by atoms with Gasteiger partial charge < -0.3 is 9.47 Å². The molecule has 20 heavy (non-hydrogen) atoms. The van der Waals surface area contributed by atoms with E-state index in [1.807, 2.05) is 6.92 Å². The lowest BCUT2D eigenvalue weighted by atomic mass is 10.2. The van der Waals surface area contributed by atoms with Crippen molar-refractivity contribution in [3.8, 4) is 0 Å². The molecule has 0 saturated carbocycles. The number of nitrogens with one attached hydrogen (secondary N) is 1. The summed E-state index contributed by atoms with van der Waals surface area (Å²) in [5, 5.41) is 0. The minimum absolute atomic E-state index is 0.0387. The lowest BCUT2D eigenvalue weighted by molar-refractivity contribution is 0.0600. The number of ether oxygens (including phenoxy) is 2. The second-order valence-electron chi connectivity index (χ2n) is 3.97. The van der Waals surface area contributed by atoms with E-state index in [9.17, 15) is 13.2 Å². The highest BCUT2D eigenvalue weighted by molar-refractivity contribution is 7.89. The van der Waals surface area contributed by atoms with Crippen LogP contribution in [0.5, 0.6) is 0 Å². The lowest BCUT2D eigenvalue weighted by Gasteiger charge is -2.08.